The molecule has 2 heterocycles. The molecule has 2 aliphatic rings. The first-order chi connectivity index (χ1) is 20.2. The predicted molar refractivity (Wildman–Crippen MR) is 166 cm³/mol. The van der Waals surface area contributed by atoms with E-state index in [1.165, 1.54) is 37.9 Å². The van der Waals surface area contributed by atoms with Gasteiger partial charge in [-0.3, -0.25) is 9.69 Å². The zero-order valence-electron chi connectivity index (χ0n) is 23.2. The van der Waals surface area contributed by atoms with E-state index in [4.69, 9.17) is 14.2 Å². The number of hydrogen-bond acceptors (Lipinski definition) is 6. The van der Waals surface area contributed by atoms with Crippen molar-refractivity contribution in [3.8, 4) is 23.0 Å². The van der Waals surface area contributed by atoms with E-state index < -0.39 is 0 Å². The number of piperidine rings is 1. The van der Waals surface area contributed by atoms with E-state index in [0.29, 0.717) is 13.2 Å². The van der Waals surface area contributed by atoms with Crippen LogP contribution in [0.1, 0.15) is 42.5 Å². The number of carbonyl (C=O) groups excluding carboxylic acids is 1. The van der Waals surface area contributed by atoms with E-state index in [1.807, 2.05) is 54.6 Å². The van der Waals surface area contributed by atoms with Crippen molar-refractivity contribution in [1.29, 1.82) is 0 Å². The van der Waals surface area contributed by atoms with E-state index in [9.17, 15) is 4.79 Å². The number of aldehydes is 1. The van der Waals surface area contributed by atoms with E-state index >= 15 is 0 Å². The lowest BCUT2D eigenvalue weighted by Crippen LogP contribution is -2.33. The first kappa shape index (κ1) is 27.3. The van der Waals surface area contributed by atoms with Crippen molar-refractivity contribution in [2.45, 2.75) is 38.7 Å². The molecule has 0 bridgehead atoms. The standard InChI is InChI=1S/C35H35NO4S/c37-24-26-9-11-28(12-10-26)35-34(32-18-17-31(23-33(32)41-35)39-25-27-7-3-1-4-8-27)40-30-15-13-29(14-16-30)38-22-21-36-19-5-2-6-20-36/h1,3-4,7-9,11,13-18,23-24H,2,5-6,10,12,19-22,25H2. The lowest BCUT2D eigenvalue weighted by molar-refractivity contribution is -0.105. The molecule has 1 aromatic heterocycles. The molecular weight excluding hydrogens is 530 g/mol. The van der Waals surface area contributed by atoms with Crippen LogP contribution in [-0.4, -0.2) is 37.4 Å². The third-order valence-corrected chi connectivity index (χ3v) is 8.87. The summed E-state index contributed by atoms with van der Waals surface area (Å²) in [7, 11) is 0. The molecule has 1 aliphatic heterocycles. The van der Waals surface area contributed by atoms with Crippen LogP contribution in [-0.2, 0) is 11.4 Å². The fourth-order valence-corrected chi connectivity index (χ4v) is 6.55. The maximum Gasteiger partial charge on any atom is 0.153 e. The Kier molecular flexibility index (Phi) is 8.79. The van der Waals surface area contributed by atoms with Crippen LogP contribution in [0.4, 0.5) is 0 Å². The van der Waals surface area contributed by atoms with Gasteiger partial charge in [-0.1, -0.05) is 48.9 Å². The van der Waals surface area contributed by atoms with E-state index in [2.05, 4.69) is 35.2 Å². The molecule has 0 N–H and O–H groups in total. The van der Waals surface area contributed by atoms with Crippen molar-refractivity contribution in [2.75, 3.05) is 26.2 Å². The topological polar surface area (TPSA) is 48.0 Å². The molecule has 0 radical (unpaired) electrons. The summed E-state index contributed by atoms with van der Waals surface area (Å²) in [5, 5.41) is 1.05. The molecule has 1 saturated heterocycles. The van der Waals surface area contributed by atoms with Crippen molar-refractivity contribution in [1.82, 2.24) is 4.90 Å². The molecule has 6 heteroatoms. The average Bonchev–Trinajstić information content (AvgIpc) is 3.39. The Morgan fingerprint density at radius 1 is 0.805 bits per heavy atom. The monoisotopic (exact) mass is 565 g/mol. The summed E-state index contributed by atoms with van der Waals surface area (Å²) in [6.07, 6.45) is 10.4. The van der Waals surface area contributed by atoms with E-state index in [-0.39, 0.29) is 0 Å². The lowest BCUT2D eigenvalue weighted by Gasteiger charge is -2.26. The molecule has 0 atom stereocenters. The summed E-state index contributed by atoms with van der Waals surface area (Å²) in [6.45, 7) is 4.53. The Labute approximate surface area is 245 Å². The maximum absolute atomic E-state index is 11.3. The minimum Gasteiger partial charge on any atom is -0.492 e. The Bertz CT molecular complexity index is 1530. The van der Waals surface area contributed by atoms with Gasteiger partial charge in [0.25, 0.3) is 0 Å². The number of likely N-dealkylation sites (tertiary alicyclic amines) is 1. The Morgan fingerprint density at radius 2 is 1.59 bits per heavy atom. The first-order valence-electron chi connectivity index (χ1n) is 14.5. The van der Waals surface area contributed by atoms with Gasteiger partial charge in [0.2, 0.25) is 0 Å². The Hall–Kier alpha value is -3.87. The zero-order valence-corrected chi connectivity index (χ0v) is 24.0. The first-order valence-corrected chi connectivity index (χ1v) is 15.3. The second-order valence-corrected chi connectivity index (χ2v) is 11.6. The maximum atomic E-state index is 11.3. The third kappa shape index (κ3) is 6.89. The van der Waals surface area contributed by atoms with Crippen molar-refractivity contribution >= 4 is 33.3 Å². The number of allylic oxidation sites excluding steroid dienone is 4. The van der Waals surface area contributed by atoms with Crippen molar-refractivity contribution < 1.29 is 19.0 Å². The summed E-state index contributed by atoms with van der Waals surface area (Å²) in [5.41, 5.74) is 3.13. The van der Waals surface area contributed by atoms with Crippen LogP contribution in [0, 0.1) is 0 Å². The molecule has 0 amide bonds. The second kappa shape index (κ2) is 13.2. The van der Waals surface area contributed by atoms with E-state index in [0.717, 1.165) is 74.8 Å². The summed E-state index contributed by atoms with van der Waals surface area (Å²) in [5.74, 6) is 3.28. The van der Waals surface area contributed by atoms with Crippen LogP contribution >= 0.6 is 11.3 Å². The van der Waals surface area contributed by atoms with E-state index in [1.54, 1.807) is 11.3 Å². The number of ether oxygens (including phenoxy) is 3. The molecule has 1 fully saturated rings. The van der Waals surface area contributed by atoms with Crippen molar-refractivity contribution in [3.05, 3.63) is 101 Å². The average molecular weight is 566 g/mol. The van der Waals surface area contributed by atoms with Gasteiger partial charge in [-0.05, 0) is 97.9 Å². The molecule has 0 spiro atoms. The highest BCUT2D eigenvalue weighted by Crippen LogP contribution is 2.47. The SMILES string of the molecule is O=CC1=CC=C(c2sc3cc(OCc4ccccc4)ccc3c2Oc2ccc(OCCN3CCCCC3)cc2)CC1. The molecule has 0 unspecified atom stereocenters. The normalized spacial score (nSPS) is 15.7. The summed E-state index contributed by atoms with van der Waals surface area (Å²) in [6, 6.07) is 24.3. The number of hydrogen-bond donors (Lipinski definition) is 0. The van der Waals surface area contributed by atoms with Crippen LogP contribution in [0.2, 0.25) is 0 Å². The van der Waals surface area contributed by atoms with Gasteiger partial charge in [0.05, 0.1) is 4.88 Å². The molecule has 5 nitrogen and oxygen atoms in total. The number of benzene rings is 3. The second-order valence-electron chi connectivity index (χ2n) is 10.6. The quantitative estimate of drug-likeness (QED) is 0.171. The number of rotatable bonds is 11. The third-order valence-electron chi connectivity index (χ3n) is 7.66. The summed E-state index contributed by atoms with van der Waals surface area (Å²) < 4.78 is 19.8. The van der Waals surface area contributed by atoms with Gasteiger partial charge >= 0.3 is 0 Å². The minimum absolute atomic E-state index is 0.519. The lowest BCUT2D eigenvalue weighted by atomic mass is 9.97. The molecule has 4 aromatic rings. The van der Waals surface area contributed by atoms with Crippen LogP contribution in [0.3, 0.4) is 0 Å². The number of fused-ring (bicyclic) bond motifs is 1. The molecular formula is C35H35NO4S. The minimum atomic E-state index is 0.519. The molecule has 0 saturated carbocycles. The van der Waals surface area contributed by atoms with Crippen molar-refractivity contribution in [2.24, 2.45) is 0 Å². The van der Waals surface area contributed by atoms with Crippen LogP contribution < -0.4 is 14.2 Å². The molecule has 210 valence electrons. The molecule has 3 aromatic carbocycles. The fourth-order valence-electron chi connectivity index (χ4n) is 5.33. The predicted octanol–water partition coefficient (Wildman–Crippen LogP) is 8.44. The van der Waals surface area contributed by atoms with Gasteiger partial charge in [-0.15, -0.1) is 11.3 Å². The van der Waals surface area contributed by atoms with Gasteiger partial charge in [0.1, 0.15) is 36.7 Å². The summed E-state index contributed by atoms with van der Waals surface area (Å²) in [4.78, 5) is 14.8. The number of thiophene rings is 1. The fraction of sp³-hybridized carbons (Fsp3) is 0.286. The summed E-state index contributed by atoms with van der Waals surface area (Å²) >= 11 is 1.70. The smallest absolute Gasteiger partial charge is 0.153 e. The molecule has 1 aliphatic carbocycles. The highest BCUT2D eigenvalue weighted by Gasteiger charge is 2.20. The van der Waals surface area contributed by atoms with Gasteiger partial charge in [0.15, 0.2) is 5.75 Å². The highest BCUT2D eigenvalue weighted by atomic mass is 32.1. The zero-order chi connectivity index (χ0) is 27.9. The van der Waals surface area contributed by atoms with Gasteiger partial charge in [-0.25, -0.2) is 0 Å². The largest absolute Gasteiger partial charge is 0.492 e. The van der Waals surface area contributed by atoms with Crippen LogP contribution in [0.25, 0.3) is 15.7 Å². The molecule has 41 heavy (non-hydrogen) atoms. The Balaban J connectivity index is 1.21. The van der Waals surface area contributed by atoms with Crippen LogP contribution in [0.5, 0.6) is 23.0 Å². The number of carbonyl (C=O) groups is 1. The van der Waals surface area contributed by atoms with Gasteiger partial charge < -0.3 is 14.2 Å². The number of nitrogens with zero attached hydrogens (tertiary/aromatic N) is 1. The highest BCUT2D eigenvalue weighted by molar-refractivity contribution is 7.20. The van der Waals surface area contributed by atoms with Gasteiger partial charge in [0, 0.05) is 16.6 Å². The van der Waals surface area contributed by atoms with Crippen LogP contribution in [0.15, 0.2) is 90.5 Å². The Morgan fingerprint density at radius 3 is 2.34 bits per heavy atom. The van der Waals surface area contributed by atoms with Crippen molar-refractivity contribution in [3.63, 3.8) is 0 Å². The molecule has 6 rings (SSSR count). The van der Waals surface area contributed by atoms with Gasteiger partial charge in [-0.2, -0.15) is 0 Å².